The largest absolute Gasteiger partial charge is 0.208 e. The second kappa shape index (κ2) is 14.8. The molecular formula is C51H35N3. The van der Waals surface area contributed by atoms with Crippen molar-refractivity contribution in [2.45, 2.75) is 0 Å². The van der Waals surface area contributed by atoms with Gasteiger partial charge < -0.3 is 0 Å². The van der Waals surface area contributed by atoms with Crippen LogP contribution in [0.5, 0.6) is 0 Å². The molecule has 0 saturated carbocycles. The summed E-state index contributed by atoms with van der Waals surface area (Å²) in [7, 11) is 0. The summed E-state index contributed by atoms with van der Waals surface area (Å²) in [5.74, 6) is 1.85. The van der Waals surface area contributed by atoms with Crippen molar-refractivity contribution in [3.63, 3.8) is 0 Å². The van der Waals surface area contributed by atoms with Crippen LogP contribution in [0.3, 0.4) is 0 Å². The van der Waals surface area contributed by atoms with Crippen LogP contribution in [0.2, 0.25) is 0 Å². The molecule has 0 aliphatic heterocycles. The molecule has 0 spiro atoms. The van der Waals surface area contributed by atoms with Gasteiger partial charge in [-0.2, -0.15) is 0 Å². The van der Waals surface area contributed by atoms with Crippen molar-refractivity contribution in [3.8, 4) is 89.8 Å². The summed E-state index contributed by atoms with van der Waals surface area (Å²) < 4.78 is 0. The molecule has 9 rings (SSSR count). The van der Waals surface area contributed by atoms with Gasteiger partial charge in [-0.1, -0.05) is 200 Å². The third-order valence-corrected chi connectivity index (χ3v) is 9.78. The fraction of sp³-hybridized carbons (Fsp3) is 0. The molecule has 9 aromatic rings. The first-order chi connectivity index (χ1) is 26.8. The van der Waals surface area contributed by atoms with Crippen molar-refractivity contribution >= 4 is 0 Å². The summed E-state index contributed by atoms with van der Waals surface area (Å²) in [5.41, 5.74) is 14.1. The quantitative estimate of drug-likeness (QED) is 0.159. The maximum Gasteiger partial charge on any atom is 0.164 e. The lowest BCUT2D eigenvalue weighted by Gasteiger charge is -2.15. The molecule has 1 heterocycles. The maximum atomic E-state index is 5.28. The van der Waals surface area contributed by atoms with Gasteiger partial charge in [0.15, 0.2) is 17.5 Å². The molecule has 0 unspecified atom stereocenters. The minimum atomic E-state index is 0.616. The Morgan fingerprint density at radius 2 is 0.556 bits per heavy atom. The Balaban J connectivity index is 1.23. The highest BCUT2D eigenvalue weighted by atomic mass is 15.0. The molecule has 0 aliphatic rings. The topological polar surface area (TPSA) is 38.7 Å². The van der Waals surface area contributed by atoms with Crippen LogP contribution in [0.15, 0.2) is 212 Å². The zero-order chi connectivity index (χ0) is 36.1. The Labute approximate surface area is 316 Å². The van der Waals surface area contributed by atoms with Gasteiger partial charge in [0.1, 0.15) is 0 Å². The SMILES string of the molecule is c1ccc(-c2ccc(-c3nc(-c4cccc(-c5ccccc5-c5ccccc5)c4)nc(-c4cc(-c5ccccc5)ccc4-c4ccccc4)n3)cc2)cc1. The van der Waals surface area contributed by atoms with Crippen LogP contribution in [0.1, 0.15) is 0 Å². The van der Waals surface area contributed by atoms with Crippen LogP contribution in [0.25, 0.3) is 89.8 Å². The summed E-state index contributed by atoms with van der Waals surface area (Å²) in [6.07, 6.45) is 0. The van der Waals surface area contributed by atoms with E-state index in [1.165, 1.54) is 16.7 Å². The van der Waals surface area contributed by atoms with E-state index in [2.05, 4.69) is 194 Å². The van der Waals surface area contributed by atoms with E-state index in [4.69, 9.17) is 15.0 Å². The van der Waals surface area contributed by atoms with Crippen LogP contribution in [0.4, 0.5) is 0 Å². The first-order valence-corrected chi connectivity index (χ1v) is 18.2. The first kappa shape index (κ1) is 32.7. The van der Waals surface area contributed by atoms with E-state index in [0.717, 1.165) is 55.6 Å². The van der Waals surface area contributed by atoms with Crippen molar-refractivity contribution in [3.05, 3.63) is 212 Å². The van der Waals surface area contributed by atoms with Gasteiger partial charge in [0, 0.05) is 16.7 Å². The van der Waals surface area contributed by atoms with Gasteiger partial charge in [-0.3, -0.25) is 0 Å². The van der Waals surface area contributed by atoms with Gasteiger partial charge in [0.25, 0.3) is 0 Å². The Kier molecular flexibility index (Phi) is 8.94. The van der Waals surface area contributed by atoms with Crippen LogP contribution in [-0.2, 0) is 0 Å². The fourth-order valence-electron chi connectivity index (χ4n) is 7.04. The monoisotopic (exact) mass is 689 g/mol. The minimum absolute atomic E-state index is 0.616. The molecule has 254 valence electrons. The van der Waals surface area contributed by atoms with Gasteiger partial charge in [0.05, 0.1) is 0 Å². The van der Waals surface area contributed by atoms with Crippen LogP contribution in [0, 0.1) is 0 Å². The number of hydrogen-bond donors (Lipinski definition) is 0. The highest BCUT2D eigenvalue weighted by Crippen LogP contribution is 2.38. The van der Waals surface area contributed by atoms with Gasteiger partial charge in [-0.05, 0) is 67.8 Å². The van der Waals surface area contributed by atoms with Gasteiger partial charge in [-0.15, -0.1) is 0 Å². The molecule has 0 bridgehead atoms. The summed E-state index contributed by atoms with van der Waals surface area (Å²) in [6, 6.07) is 74.0. The van der Waals surface area contributed by atoms with Gasteiger partial charge in [0.2, 0.25) is 0 Å². The number of aromatic nitrogens is 3. The molecule has 0 saturated heterocycles. The van der Waals surface area contributed by atoms with Crippen LogP contribution < -0.4 is 0 Å². The van der Waals surface area contributed by atoms with E-state index in [9.17, 15) is 0 Å². The van der Waals surface area contributed by atoms with Crippen molar-refractivity contribution in [1.29, 1.82) is 0 Å². The molecular weight excluding hydrogens is 655 g/mol. The van der Waals surface area contributed by atoms with E-state index in [-0.39, 0.29) is 0 Å². The van der Waals surface area contributed by atoms with Crippen molar-refractivity contribution < 1.29 is 0 Å². The number of benzene rings is 8. The van der Waals surface area contributed by atoms with Crippen molar-refractivity contribution in [2.24, 2.45) is 0 Å². The average molecular weight is 690 g/mol. The zero-order valence-electron chi connectivity index (χ0n) is 29.5. The lowest BCUT2D eigenvalue weighted by atomic mass is 9.93. The predicted molar refractivity (Wildman–Crippen MR) is 223 cm³/mol. The summed E-state index contributed by atoms with van der Waals surface area (Å²) in [5, 5.41) is 0. The average Bonchev–Trinajstić information content (AvgIpc) is 3.27. The lowest BCUT2D eigenvalue weighted by Crippen LogP contribution is -2.01. The molecule has 0 radical (unpaired) electrons. The summed E-state index contributed by atoms with van der Waals surface area (Å²) >= 11 is 0. The molecule has 3 nitrogen and oxygen atoms in total. The summed E-state index contributed by atoms with van der Waals surface area (Å²) in [4.78, 5) is 15.7. The second-order valence-corrected chi connectivity index (χ2v) is 13.2. The predicted octanol–water partition coefficient (Wildman–Crippen LogP) is 13.2. The van der Waals surface area contributed by atoms with Gasteiger partial charge >= 0.3 is 0 Å². The lowest BCUT2D eigenvalue weighted by molar-refractivity contribution is 1.07. The fourth-order valence-corrected chi connectivity index (χ4v) is 7.04. The number of hydrogen-bond acceptors (Lipinski definition) is 3. The molecule has 3 heteroatoms. The number of nitrogens with zero attached hydrogens (tertiary/aromatic N) is 3. The Morgan fingerprint density at radius 3 is 1.15 bits per heavy atom. The Bertz CT molecular complexity index is 2670. The molecule has 0 atom stereocenters. The highest BCUT2D eigenvalue weighted by molar-refractivity contribution is 5.87. The van der Waals surface area contributed by atoms with Crippen molar-refractivity contribution in [1.82, 2.24) is 15.0 Å². The van der Waals surface area contributed by atoms with Crippen LogP contribution in [-0.4, -0.2) is 15.0 Å². The second-order valence-electron chi connectivity index (χ2n) is 13.2. The molecule has 0 aliphatic carbocycles. The standard InChI is InChI=1S/C51H35N3/c1-5-16-36(17-6-1)38-28-30-41(31-29-38)49-52-50(44-25-15-24-43(34-44)46-27-14-13-26-45(46)39-20-9-3-10-21-39)54-51(53-49)48-35-42(37-18-7-2-8-19-37)32-33-47(48)40-22-11-4-12-23-40/h1-35H. The normalized spacial score (nSPS) is 11.0. The molecule has 0 N–H and O–H groups in total. The van der Waals surface area contributed by atoms with E-state index in [0.29, 0.717) is 17.5 Å². The van der Waals surface area contributed by atoms with Crippen LogP contribution >= 0.6 is 0 Å². The molecule has 1 aromatic heterocycles. The first-order valence-electron chi connectivity index (χ1n) is 18.2. The highest BCUT2D eigenvalue weighted by Gasteiger charge is 2.18. The zero-order valence-corrected chi connectivity index (χ0v) is 29.5. The van der Waals surface area contributed by atoms with E-state index < -0.39 is 0 Å². The molecule has 54 heavy (non-hydrogen) atoms. The van der Waals surface area contributed by atoms with Gasteiger partial charge in [-0.25, -0.2) is 15.0 Å². The Hall–Kier alpha value is -7.23. The Morgan fingerprint density at radius 1 is 0.185 bits per heavy atom. The van der Waals surface area contributed by atoms with E-state index >= 15 is 0 Å². The smallest absolute Gasteiger partial charge is 0.164 e. The molecule has 0 fully saturated rings. The number of rotatable bonds is 8. The summed E-state index contributed by atoms with van der Waals surface area (Å²) in [6.45, 7) is 0. The molecule has 8 aromatic carbocycles. The molecule has 0 amide bonds. The van der Waals surface area contributed by atoms with E-state index in [1.807, 2.05) is 18.2 Å². The third kappa shape index (κ3) is 6.74. The third-order valence-electron chi connectivity index (χ3n) is 9.78. The van der Waals surface area contributed by atoms with E-state index in [1.54, 1.807) is 0 Å². The maximum absolute atomic E-state index is 5.28. The minimum Gasteiger partial charge on any atom is -0.208 e. The van der Waals surface area contributed by atoms with Crippen molar-refractivity contribution in [2.75, 3.05) is 0 Å².